The topological polar surface area (TPSA) is 347 Å². The smallest absolute Gasteiger partial charge is 0.330 e. The zero-order valence-electron chi connectivity index (χ0n) is 18.5. The van der Waals surface area contributed by atoms with Crippen LogP contribution in [0.25, 0.3) is 0 Å². The third-order valence-electron chi connectivity index (χ3n) is 4.59. The highest BCUT2D eigenvalue weighted by molar-refractivity contribution is 7.43. The molecular weight excluding hydrogens is 577 g/mol. The minimum atomic E-state index is -5.84. The molecule has 1 aliphatic rings. The molecule has 0 amide bonds. The molecule has 0 aliphatic carbocycles. The van der Waals surface area contributed by atoms with Gasteiger partial charge >= 0.3 is 5.69 Å². The van der Waals surface area contributed by atoms with E-state index in [0.717, 1.165) is 0 Å². The van der Waals surface area contributed by atoms with Crippen LogP contribution in [0.3, 0.4) is 0 Å². The van der Waals surface area contributed by atoms with Crippen LogP contribution in [-0.4, -0.2) is 102 Å². The number of aromatic nitrogens is 2. The number of hydrogen-bond donors (Lipinski definition) is 7. The van der Waals surface area contributed by atoms with Crippen molar-refractivity contribution >= 4 is 21.9 Å². The predicted octanol–water partition coefficient (Wildman–Crippen LogP) is -8.39. The Kier molecular flexibility index (Phi) is 12.6. The first-order valence-electron chi connectivity index (χ1n) is 9.83. The molecule has 1 saturated heterocycles. The lowest BCUT2D eigenvalue weighted by atomic mass is 10.0. The van der Waals surface area contributed by atoms with Crippen molar-refractivity contribution in [1.82, 2.24) is 9.55 Å². The lowest BCUT2D eigenvalue weighted by Gasteiger charge is -2.41. The fraction of sp³-hybridized carbons (Fsp3) is 0.667. The average Bonchev–Trinajstić information content (AvgIpc) is 3.10. The van der Waals surface area contributed by atoms with E-state index in [9.17, 15) is 62.8 Å². The molecule has 23 heteroatoms. The number of aldehydes is 1. The van der Waals surface area contributed by atoms with E-state index in [1.807, 2.05) is 0 Å². The number of phosphoric ester groups is 2. The van der Waals surface area contributed by atoms with Crippen molar-refractivity contribution in [2.75, 3.05) is 13.2 Å². The van der Waals surface area contributed by atoms with Gasteiger partial charge in [-0.25, -0.2) is 4.79 Å². The summed E-state index contributed by atoms with van der Waals surface area (Å²) in [4.78, 5) is 76.1. The number of aliphatic hydroxyl groups is 6. The van der Waals surface area contributed by atoms with Crippen LogP contribution in [0.15, 0.2) is 15.8 Å². The van der Waals surface area contributed by atoms with Gasteiger partial charge in [0.15, 0.2) is 12.5 Å². The first-order chi connectivity index (χ1) is 17.4. The normalized spacial score (nSPS) is 25.1. The van der Waals surface area contributed by atoms with Crippen LogP contribution in [0.1, 0.15) is 6.23 Å². The lowest BCUT2D eigenvalue weighted by Crippen LogP contribution is -2.50. The average molecular weight is 598 g/mol. The molecule has 2 rings (SSSR count). The van der Waals surface area contributed by atoms with E-state index < -0.39 is 101 Å². The van der Waals surface area contributed by atoms with E-state index in [4.69, 9.17) is 20.1 Å². The monoisotopic (exact) mass is 598 g/mol. The fourth-order valence-electron chi connectivity index (χ4n) is 2.86. The van der Waals surface area contributed by atoms with Gasteiger partial charge in [0.25, 0.3) is 5.56 Å². The van der Waals surface area contributed by atoms with Crippen molar-refractivity contribution in [2.24, 2.45) is 0 Å². The molecular formula is C15H21FN2O18P2-4. The van der Waals surface area contributed by atoms with Crippen LogP contribution in [0.4, 0.5) is 4.39 Å². The van der Waals surface area contributed by atoms with Gasteiger partial charge in [-0.2, -0.15) is 4.39 Å². The summed E-state index contributed by atoms with van der Waals surface area (Å²) in [5, 5.41) is 55.0. The van der Waals surface area contributed by atoms with Crippen LogP contribution in [0.2, 0.25) is 0 Å². The second-order valence-corrected chi connectivity index (χ2v) is 9.49. The zero-order chi connectivity index (χ0) is 29.6. The fourth-order valence-corrected chi connectivity index (χ4v) is 3.87. The first kappa shape index (κ1) is 34.2. The van der Waals surface area contributed by atoms with Gasteiger partial charge in [-0.15, -0.1) is 0 Å². The highest BCUT2D eigenvalue weighted by atomic mass is 31.2. The number of nitrogens with one attached hydrogen (secondary N) is 1. The van der Waals surface area contributed by atoms with Gasteiger partial charge in [0.2, 0.25) is 5.82 Å². The van der Waals surface area contributed by atoms with E-state index in [-0.39, 0.29) is 0 Å². The van der Waals surface area contributed by atoms with Crippen molar-refractivity contribution in [1.29, 1.82) is 0 Å². The summed E-state index contributed by atoms with van der Waals surface area (Å²) in [6.07, 6.45) is -14.8. The Morgan fingerprint density at radius 2 is 1.66 bits per heavy atom. The summed E-state index contributed by atoms with van der Waals surface area (Å²) in [6.45, 7) is -1.73. The molecule has 0 radical (unpaired) electrons. The predicted molar refractivity (Wildman–Crippen MR) is 104 cm³/mol. The minimum absolute atomic E-state index is 0.434. The van der Waals surface area contributed by atoms with E-state index in [1.165, 1.54) is 0 Å². The number of halogens is 1. The summed E-state index contributed by atoms with van der Waals surface area (Å²) in [6, 6.07) is 0. The molecule has 1 aromatic heterocycles. The summed E-state index contributed by atoms with van der Waals surface area (Å²) in [7, 11) is -11.6. The Morgan fingerprint density at radius 3 is 2.08 bits per heavy atom. The minimum Gasteiger partial charge on any atom is -0.790 e. The Hall–Kier alpha value is -1.78. The number of aliphatic hydroxyl groups excluding tert-OH is 6. The summed E-state index contributed by atoms with van der Waals surface area (Å²) >= 11 is 0. The maximum Gasteiger partial charge on any atom is 0.330 e. The van der Waals surface area contributed by atoms with Crippen LogP contribution in [0.5, 0.6) is 0 Å². The highest BCUT2D eigenvalue weighted by Crippen LogP contribution is 2.35. The number of rotatable bonds is 11. The molecule has 1 aliphatic heterocycles. The first-order valence-corrected chi connectivity index (χ1v) is 12.8. The quantitative estimate of drug-likeness (QED) is 0.0918. The zero-order valence-corrected chi connectivity index (χ0v) is 20.3. The number of ether oxygens (including phenoxy) is 1. The standard InChI is InChI=1S/C9H11FN2O6.C6H14O12P2/c10-3-1-12(9(17)11-7(3)16)8-6(15)5(14)4(2-13)18-8;7-1-3(9)5(10)6(18-20(14,15)16)4(2-8)17-19(11,12)13/h1,4-6,8,13-15H,2H2,(H,11,16,17);2-7,9-10H,1H2,(H2,11,12,13)(H2,14,15,16)/p-4/t4-,5-,6-,8-;3-,4+,5-,6-/m11/s1. The summed E-state index contributed by atoms with van der Waals surface area (Å²) in [5.74, 6) is -1.23. The number of carbonyl (C=O) groups excluding carboxylic acids is 1. The molecule has 20 nitrogen and oxygen atoms in total. The molecule has 0 unspecified atom stereocenters. The molecule has 2 heterocycles. The number of H-pyrrole nitrogens is 1. The molecule has 38 heavy (non-hydrogen) atoms. The molecule has 0 aromatic carbocycles. The van der Waals surface area contributed by atoms with E-state index in [0.29, 0.717) is 10.8 Å². The second-order valence-electron chi connectivity index (χ2n) is 7.28. The number of hydrogen-bond acceptors (Lipinski definition) is 18. The van der Waals surface area contributed by atoms with Gasteiger partial charge < -0.3 is 77.9 Å². The molecule has 1 aromatic rings. The SMILES string of the molecule is O=C[C@H](OP(=O)([O-])[O-])[C@@H](OP(=O)([O-])[O-])[C@H](O)[C@H](O)CO.O=c1[nH]c(=O)n([C@@H]2O[C@H](CO)[C@@H](O)[C@H]2O)cc1F. The van der Waals surface area contributed by atoms with Gasteiger partial charge in [0, 0.05) is 0 Å². The highest BCUT2D eigenvalue weighted by Gasteiger charge is 2.44. The Labute approximate surface area is 209 Å². The largest absolute Gasteiger partial charge is 0.790 e. The van der Waals surface area contributed by atoms with Crippen LogP contribution in [-0.2, 0) is 27.7 Å². The number of carbonyl (C=O) groups is 1. The Bertz CT molecular complexity index is 1130. The molecule has 0 bridgehead atoms. The van der Waals surface area contributed by atoms with Crippen molar-refractivity contribution in [3.8, 4) is 0 Å². The molecule has 220 valence electrons. The summed E-state index contributed by atoms with van der Waals surface area (Å²) in [5.41, 5.74) is -2.18. The van der Waals surface area contributed by atoms with Crippen molar-refractivity contribution < 1.29 is 82.3 Å². The number of phosphoric acid groups is 2. The van der Waals surface area contributed by atoms with Crippen LogP contribution < -0.4 is 30.8 Å². The molecule has 0 saturated carbocycles. The van der Waals surface area contributed by atoms with Gasteiger partial charge in [-0.05, 0) is 0 Å². The molecule has 0 spiro atoms. The van der Waals surface area contributed by atoms with Crippen LogP contribution in [0, 0.1) is 5.82 Å². The Balaban J connectivity index is 0.000000381. The molecule has 1 fully saturated rings. The summed E-state index contributed by atoms with van der Waals surface area (Å²) < 4.78 is 46.8. The molecule has 7 N–H and O–H groups in total. The Morgan fingerprint density at radius 1 is 1.11 bits per heavy atom. The lowest BCUT2D eigenvalue weighted by molar-refractivity contribution is -0.357. The number of aromatic amines is 1. The molecule has 8 atom stereocenters. The maximum absolute atomic E-state index is 13.1. The van der Waals surface area contributed by atoms with Gasteiger partial charge in [0.05, 0.1) is 35.1 Å². The van der Waals surface area contributed by atoms with E-state index >= 15 is 0 Å². The van der Waals surface area contributed by atoms with E-state index in [2.05, 4.69) is 9.05 Å². The van der Waals surface area contributed by atoms with Gasteiger partial charge in [-0.1, -0.05) is 0 Å². The third-order valence-corrected chi connectivity index (χ3v) is 5.60. The maximum atomic E-state index is 13.1. The van der Waals surface area contributed by atoms with Gasteiger partial charge in [-0.3, -0.25) is 14.3 Å². The van der Waals surface area contributed by atoms with Crippen molar-refractivity contribution in [2.45, 2.75) is 49.0 Å². The van der Waals surface area contributed by atoms with Crippen molar-refractivity contribution in [3.63, 3.8) is 0 Å². The number of nitrogens with zero attached hydrogens (tertiary/aromatic N) is 1. The van der Waals surface area contributed by atoms with Crippen molar-refractivity contribution in [3.05, 3.63) is 32.9 Å². The third kappa shape index (κ3) is 9.75. The second kappa shape index (κ2) is 14.0. The van der Waals surface area contributed by atoms with Gasteiger partial charge in [0.1, 0.15) is 42.7 Å². The van der Waals surface area contributed by atoms with Crippen LogP contribution >= 0.6 is 15.6 Å². The van der Waals surface area contributed by atoms with E-state index in [1.54, 1.807) is 4.98 Å².